The van der Waals surface area contributed by atoms with Crippen LogP contribution < -0.4 is 5.73 Å². The van der Waals surface area contributed by atoms with Crippen molar-refractivity contribution >= 4 is 0 Å². The van der Waals surface area contributed by atoms with Crippen LogP contribution in [0.4, 0.5) is 13.2 Å². The van der Waals surface area contributed by atoms with Crippen molar-refractivity contribution in [3.63, 3.8) is 0 Å². The number of ether oxygens (including phenoxy) is 1. The maximum absolute atomic E-state index is 12.0. The molecule has 1 aliphatic carbocycles. The summed E-state index contributed by atoms with van der Waals surface area (Å²) in [6, 6.07) is 0. The summed E-state index contributed by atoms with van der Waals surface area (Å²) < 4.78 is 39.7. The van der Waals surface area contributed by atoms with Gasteiger partial charge in [0.05, 0.1) is 12.7 Å². The molecule has 0 aromatic carbocycles. The molecule has 3 nitrogen and oxygen atoms in total. The monoisotopic (exact) mass is 269 g/mol. The zero-order valence-corrected chi connectivity index (χ0v) is 10.9. The molecular weight excluding hydrogens is 247 g/mol. The summed E-state index contributed by atoms with van der Waals surface area (Å²) in [6.45, 7) is 3.57. The molecule has 0 saturated heterocycles. The predicted octanol–water partition coefficient (Wildman–Crippen LogP) is 2.43. The maximum Gasteiger partial charge on any atom is 0.522 e. The van der Waals surface area contributed by atoms with Gasteiger partial charge in [-0.25, -0.2) is 0 Å². The Kier molecular flexibility index (Phi) is 4.67. The van der Waals surface area contributed by atoms with Gasteiger partial charge in [0.15, 0.2) is 0 Å². The lowest BCUT2D eigenvalue weighted by Gasteiger charge is -2.49. The van der Waals surface area contributed by atoms with Crippen LogP contribution in [0.2, 0.25) is 0 Å². The molecule has 108 valence electrons. The maximum atomic E-state index is 12.0. The van der Waals surface area contributed by atoms with Gasteiger partial charge in [0, 0.05) is 12.0 Å². The number of aliphatic hydroxyl groups is 1. The van der Waals surface area contributed by atoms with Crippen LogP contribution in [-0.2, 0) is 4.74 Å². The molecule has 0 bridgehead atoms. The third kappa shape index (κ3) is 3.59. The number of nitrogens with two attached hydrogens (primary N) is 1. The van der Waals surface area contributed by atoms with E-state index in [-0.39, 0.29) is 18.4 Å². The zero-order chi connectivity index (χ0) is 14.0. The number of hydrogen-bond acceptors (Lipinski definition) is 3. The minimum atomic E-state index is -4.62. The molecule has 0 aromatic heterocycles. The molecule has 3 N–H and O–H groups in total. The van der Waals surface area contributed by atoms with E-state index in [1.54, 1.807) is 0 Å². The molecule has 1 saturated carbocycles. The Labute approximate surface area is 105 Å². The summed E-state index contributed by atoms with van der Waals surface area (Å²) >= 11 is 0. The largest absolute Gasteiger partial charge is 0.522 e. The number of alkyl halides is 3. The first-order chi connectivity index (χ1) is 8.13. The predicted molar refractivity (Wildman–Crippen MR) is 61.8 cm³/mol. The van der Waals surface area contributed by atoms with Gasteiger partial charge >= 0.3 is 6.36 Å². The van der Waals surface area contributed by atoms with Crippen LogP contribution in [0.15, 0.2) is 0 Å². The van der Waals surface area contributed by atoms with E-state index in [9.17, 15) is 18.3 Å². The molecule has 1 rings (SSSR count). The van der Waals surface area contributed by atoms with Crippen molar-refractivity contribution in [2.24, 2.45) is 16.6 Å². The van der Waals surface area contributed by atoms with E-state index in [0.29, 0.717) is 6.42 Å². The Morgan fingerprint density at radius 1 is 1.33 bits per heavy atom. The van der Waals surface area contributed by atoms with E-state index in [1.807, 2.05) is 13.8 Å². The molecular formula is C12H22F3NO2. The van der Waals surface area contributed by atoms with E-state index in [1.165, 1.54) is 0 Å². The fourth-order valence-corrected chi connectivity index (χ4v) is 2.95. The number of rotatable bonds is 4. The van der Waals surface area contributed by atoms with Crippen LogP contribution in [0.5, 0.6) is 0 Å². The quantitative estimate of drug-likeness (QED) is 0.824. The highest BCUT2D eigenvalue weighted by molar-refractivity contribution is 4.98. The van der Waals surface area contributed by atoms with Crippen molar-refractivity contribution in [3.8, 4) is 0 Å². The molecule has 0 spiro atoms. The summed E-state index contributed by atoms with van der Waals surface area (Å²) in [4.78, 5) is 0. The molecule has 2 unspecified atom stereocenters. The van der Waals surface area contributed by atoms with Gasteiger partial charge < -0.3 is 10.8 Å². The van der Waals surface area contributed by atoms with Gasteiger partial charge in [0.2, 0.25) is 0 Å². The van der Waals surface area contributed by atoms with Crippen LogP contribution in [0, 0.1) is 10.8 Å². The van der Waals surface area contributed by atoms with Crippen LogP contribution >= 0.6 is 0 Å². The first-order valence-electron chi connectivity index (χ1n) is 6.22. The van der Waals surface area contributed by atoms with E-state index in [0.717, 1.165) is 12.8 Å². The Morgan fingerprint density at radius 2 is 1.94 bits per heavy atom. The molecule has 0 aromatic rings. The van der Waals surface area contributed by atoms with Crippen LogP contribution in [0.1, 0.15) is 39.5 Å². The molecule has 18 heavy (non-hydrogen) atoms. The van der Waals surface area contributed by atoms with Crippen LogP contribution in [-0.4, -0.2) is 30.7 Å². The molecule has 0 heterocycles. The van der Waals surface area contributed by atoms with Gasteiger partial charge in [-0.15, -0.1) is 13.2 Å². The Balaban J connectivity index is 2.67. The molecule has 6 heteroatoms. The third-order valence-corrected chi connectivity index (χ3v) is 4.09. The lowest BCUT2D eigenvalue weighted by Crippen LogP contribution is -2.52. The van der Waals surface area contributed by atoms with Crippen LogP contribution in [0.25, 0.3) is 0 Å². The summed E-state index contributed by atoms with van der Waals surface area (Å²) in [6.07, 6.45) is -2.81. The lowest BCUT2D eigenvalue weighted by molar-refractivity contribution is -0.327. The van der Waals surface area contributed by atoms with Gasteiger partial charge in [-0.1, -0.05) is 20.3 Å². The topological polar surface area (TPSA) is 55.5 Å². The summed E-state index contributed by atoms with van der Waals surface area (Å²) in [5.41, 5.74) is 4.73. The normalized spacial score (nSPS) is 32.5. The Morgan fingerprint density at radius 3 is 2.44 bits per heavy atom. The number of aliphatic hydroxyl groups excluding tert-OH is 1. The molecule has 1 fully saturated rings. The van der Waals surface area contributed by atoms with E-state index in [2.05, 4.69) is 4.74 Å². The van der Waals surface area contributed by atoms with Crippen molar-refractivity contribution in [1.82, 2.24) is 0 Å². The van der Waals surface area contributed by atoms with Gasteiger partial charge in [-0.2, -0.15) is 0 Å². The Hall–Kier alpha value is -0.330. The van der Waals surface area contributed by atoms with E-state index in [4.69, 9.17) is 5.73 Å². The average molecular weight is 269 g/mol. The number of hydrogen-bond donors (Lipinski definition) is 2. The average Bonchev–Trinajstić information content (AvgIpc) is 2.23. The highest BCUT2D eigenvalue weighted by Gasteiger charge is 2.48. The first kappa shape index (κ1) is 15.7. The van der Waals surface area contributed by atoms with Gasteiger partial charge in [-0.3, -0.25) is 4.74 Å². The highest BCUT2D eigenvalue weighted by atomic mass is 19.4. The standard InChI is InChI=1S/C12H22F3NO2/c1-10(2)4-3-5-11(8-16,9(10)17)6-7-18-12(13,14)15/h9,17H,3-8,16H2,1-2H3. The fourth-order valence-electron chi connectivity index (χ4n) is 2.95. The molecule has 2 atom stereocenters. The van der Waals surface area contributed by atoms with Crippen molar-refractivity contribution in [3.05, 3.63) is 0 Å². The minimum Gasteiger partial charge on any atom is -0.392 e. The third-order valence-electron chi connectivity index (χ3n) is 4.09. The summed E-state index contributed by atoms with van der Waals surface area (Å²) in [5.74, 6) is 0. The van der Waals surface area contributed by atoms with Crippen molar-refractivity contribution < 1.29 is 23.0 Å². The van der Waals surface area contributed by atoms with Gasteiger partial charge in [0.1, 0.15) is 0 Å². The second-order valence-corrected chi connectivity index (χ2v) is 5.86. The molecule has 0 amide bonds. The van der Waals surface area contributed by atoms with E-state index < -0.39 is 24.5 Å². The zero-order valence-electron chi connectivity index (χ0n) is 10.9. The highest BCUT2D eigenvalue weighted by Crippen LogP contribution is 2.47. The van der Waals surface area contributed by atoms with Crippen molar-refractivity contribution in [1.29, 1.82) is 0 Å². The minimum absolute atomic E-state index is 0.133. The lowest BCUT2D eigenvalue weighted by atomic mass is 9.60. The molecule has 0 aliphatic heterocycles. The summed E-state index contributed by atoms with van der Waals surface area (Å²) in [5, 5.41) is 10.4. The summed E-state index contributed by atoms with van der Waals surface area (Å²) in [7, 11) is 0. The molecule has 1 aliphatic rings. The van der Waals surface area contributed by atoms with E-state index >= 15 is 0 Å². The SMILES string of the molecule is CC1(C)CCCC(CN)(CCOC(F)(F)F)C1O. The van der Waals surface area contributed by atoms with Crippen LogP contribution in [0.3, 0.4) is 0 Å². The van der Waals surface area contributed by atoms with Gasteiger partial charge in [-0.05, 0) is 24.7 Å². The molecule has 0 radical (unpaired) electrons. The van der Waals surface area contributed by atoms with Crippen molar-refractivity contribution in [2.75, 3.05) is 13.2 Å². The Bertz CT molecular complexity index is 281. The van der Waals surface area contributed by atoms with Gasteiger partial charge in [0.25, 0.3) is 0 Å². The number of halogens is 3. The second-order valence-electron chi connectivity index (χ2n) is 5.86. The first-order valence-corrected chi connectivity index (χ1v) is 6.22. The second kappa shape index (κ2) is 5.35. The smallest absolute Gasteiger partial charge is 0.392 e. The fraction of sp³-hybridized carbons (Fsp3) is 1.00. The van der Waals surface area contributed by atoms with Crippen molar-refractivity contribution in [2.45, 2.75) is 52.0 Å².